The average molecular weight is 478 g/mol. The van der Waals surface area contributed by atoms with Crippen molar-refractivity contribution in [3.05, 3.63) is 58.1 Å². The topological polar surface area (TPSA) is 86.8 Å². The Morgan fingerprint density at radius 3 is 2.38 bits per heavy atom. The zero-order chi connectivity index (χ0) is 23.5. The molecule has 1 heterocycles. The summed E-state index contributed by atoms with van der Waals surface area (Å²) in [7, 11) is -3.83. The van der Waals surface area contributed by atoms with Gasteiger partial charge in [-0.15, -0.1) is 0 Å². The minimum atomic E-state index is -3.83. The van der Waals surface area contributed by atoms with E-state index in [2.05, 4.69) is 5.32 Å². The smallest absolute Gasteiger partial charge is 0.255 e. The van der Waals surface area contributed by atoms with E-state index in [1.807, 2.05) is 4.90 Å². The lowest BCUT2D eigenvalue weighted by Crippen LogP contribution is -2.31. The van der Waals surface area contributed by atoms with Gasteiger partial charge < -0.3 is 10.2 Å². The second-order valence-electron chi connectivity index (χ2n) is 7.67. The first-order valence-corrected chi connectivity index (χ1v) is 12.5. The average Bonchev–Trinajstić information content (AvgIpc) is 3.30. The third-order valence-corrected chi connectivity index (χ3v) is 8.25. The number of nitrogens with one attached hydrogen (secondary N) is 1. The maximum Gasteiger partial charge on any atom is 0.255 e. The van der Waals surface area contributed by atoms with E-state index in [-0.39, 0.29) is 21.4 Å². The van der Waals surface area contributed by atoms with Gasteiger partial charge in [-0.3, -0.25) is 9.59 Å². The predicted octanol–water partition coefficient (Wildman–Crippen LogP) is 4.17. The van der Waals surface area contributed by atoms with E-state index in [1.54, 1.807) is 39.0 Å². The Balaban J connectivity index is 1.88. The lowest BCUT2D eigenvalue weighted by molar-refractivity contribution is 0.0791. The maximum atomic E-state index is 12.9. The molecule has 2 aromatic rings. The number of likely N-dealkylation sites (tertiary alicyclic amines) is 1. The highest BCUT2D eigenvalue weighted by Crippen LogP contribution is 2.27. The third-order valence-electron chi connectivity index (χ3n) is 5.72. The minimum absolute atomic E-state index is 0.0461. The Bertz CT molecular complexity index is 1120. The largest absolute Gasteiger partial charge is 0.339 e. The van der Waals surface area contributed by atoms with Crippen molar-refractivity contribution < 1.29 is 18.0 Å². The van der Waals surface area contributed by atoms with Gasteiger partial charge in [-0.25, -0.2) is 8.42 Å². The summed E-state index contributed by atoms with van der Waals surface area (Å²) in [5.74, 6) is -0.526. The molecule has 1 fully saturated rings. The fourth-order valence-electron chi connectivity index (χ4n) is 3.83. The molecule has 1 N–H and O–H groups in total. The number of carbonyl (C=O) groups is 2. The number of anilines is 1. The van der Waals surface area contributed by atoms with Crippen LogP contribution in [0.3, 0.4) is 0 Å². The molecule has 1 saturated heterocycles. The van der Waals surface area contributed by atoms with E-state index in [9.17, 15) is 18.0 Å². The molecule has 2 aromatic carbocycles. The van der Waals surface area contributed by atoms with Crippen molar-refractivity contribution >= 4 is 39.1 Å². The molecule has 172 valence electrons. The van der Waals surface area contributed by atoms with E-state index >= 15 is 0 Å². The molecule has 9 heteroatoms. The Morgan fingerprint density at radius 2 is 1.75 bits per heavy atom. The summed E-state index contributed by atoms with van der Waals surface area (Å²) in [5, 5.41) is 2.86. The van der Waals surface area contributed by atoms with Gasteiger partial charge in [0.15, 0.2) is 0 Å². The van der Waals surface area contributed by atoms with Crippen LogP contribution < -0.4 is 5.32 Å². The molecule has 0 atom stereocenters. The van der Waals surface area contributed by atoms with Crippen LogP contribution >= 0.6 is 11.6 Å². The molecule has 0 bridgehead atoms. The van der Waals surface area contributed by atoms with Crippen LogP contribution in [0, 0.1) is 6.92 Å². The molecule has 0 aliphatic carbocycles. The quantitative estimate of drug-likeness (QED) is 0.648. The maximum absolute atomic E-state index is 12.9. The van der Waals surface area contributed by atoms with E-state index < -0.39 is 15.9 Å². The fourth-order valence-corrected chi connectivity index (χ4v) is 5.79. The number of nitrogens with zero attached hydrogens (tertiary/aromatic N) is 2. The van der Waals surface area contributed by atoms with Crippen LogP contribution in [0.1, 0.15) is 53.0 Å². The number of rotatable bonds is 7. The van der Waals surface area contributed by atoms with Gasteiger partial charge in [0, 0.05) is 43.0 Å². The van der Waals surface area contributed by atoms with Crippen molar-refractivity contribution in [2.75, 3.05) is 31.5 Å². The van der Waals surface area contributed by atoms with E-state index in [0.717, 1.165) is 25.9 Å². The molecule has 0 unspecified atom stereocenters. The van der Waals surface area contributed by atoms with Gasteiger partial charge in [0.1, 0.15) is 4.90 Å². The number of benzene rings is 2. The molecule has 2 amide bonds. The molecule has 0 aromatic heterocycles. The molecule has 0 saturated carbocycles. The molecule has 1 aliphatic rings. The standard InChI is InChI=1S/C23H28ClN3O4S/c1-4-27(5-2)32(30,31)21-15-17(11-12-19(21)24)22(28)25-20-10-8-9-18(16(20)3)23(29)26-13-6-7-14-26/h8-12,15H,4-7,13-14H2,1-3H3,(H,25,28). The molecular formula is C23H28ClN3O4S. The molecule has 3 rings (SSSR count). The summed E-state index contributed by atoms with van der Waals surface area (Å²) in [6.07, 6.45) is 1.99. The Labute approximate surface area is 194 Å². The van der Waals surface area contributed by atoms with Gasteiger partial charge in [-0.2, -0.15) is 4.31 Å². The summed E-state index contributed by atoms with van der Waals surface area (Å²) in [5.41, 5.74) is 1.88. The van der Waals surface area contributed by atoms with Crippen molar-refractivity contribution in [1.29, 1.82) is 0 Å². The minimum Gasteiger partial charge on any atom is -0.339 e. The number of carbonyl (C=O) groups excluding carboxylic acids is 2. The highest BCUT2D eigenvalue weighted by Gasteiger charge is 2.26. The SMILES string of the molecule is CCN(CC)S(=O)(=O)c1cc(C(=O)Nc2cccc(C(=O)N3CCCC3)c2C)ccc1Cl. The Morgan fingerprint density at radius 1 is 1.09 bits per heavy atom. The zero-order valence-electron chi connectivity index (χ0n) is 18.5. The van der Waals surface area contributed by atoms with E-state index in [1.165, 1.54) is 22.5 Å². The van der Waals surface area contributed by atoms with Gasteiger partial charge in [0.2, 0.25) is 10.0 Å². The number of hydrogen-bond donors (Lipinski definition) is 1. The lowest BCUT2D eigenvalue weighted by atomic mass is 10.0. The second kappa shape index (κ2) is 10.0. The first-order valence-electron chi connectivity index (χ1n) is 10.7. The Hall–Kier alpha value is -2.42. The summed E-state index contributed by atoms with van der Waals surface area (Å²) in [6.45, 7) is 7.34. The first kappa shape index (κ1) is 24.2. The zero-order valence-corrected chi connectivity index (χ0v) is 20.1. The van der Waals surface area contributed by atoms with Crippen LogP contribution in [0.5, 0.6) is 0 Å². The second-order valence-corrected chi connectivity index (χ2v) is 9.98. The van der Waals surface area contributed by atoms with Crippen LogP contribution in [0.4, 0.5) is 5.69 Å². The van der Waals surface area contributed by atoms with Gasteiger partial charge in [0.05, 0.1) is 5.02 Å². The van der Waals surface area contributed by atoms with Gasteiger partial charge >= 0.3 is 0 Å². The first-order chi connectivity index (χ1) is 15.2. The summed E-state index contributed by atoms with van der Waals surface area (Å²) < 4.78 is 27.1. The van der Waals surface area contributed by atoms with Gasteiger partial charge in [0.25, 0.3) is 11.8 Å². The molecule has 32 heavy (non-hydrogen) atoms. The summed E-state index contributed by atoms with van der Waals surface area (Å²) in [6, 6.07) is 9.38. The van der Waals surface area contributed by atoms with Crippen molar-refractivity contribution in [2.24, 2.45) is 0 Å². The summed E-state index contributed by atoms with van der Waals surface area (Å²) in [4.78, 5) is 27.5. The molecular weight excluding hydrogens is 450 g/mol. The van der Waals surface area contributed by atoms with Crippen LogP contribution in [-0.2, 0) is 10.0 Å². The fraction of sp³-hybridized carbons (Fsp3) is 0.391. The molecule has 1 aliphatic heterocycles. The Kier molecular flexibility index (Phi) is 7.59. The van der Waals surface area contributed by atoms with Crippen LogP contribution in [0.15, 0.2) is 41.3 Å². The van der Waals surface area contributed by atoms with Gasteiger partial charge in [-0.1, -0.05) is 31.5 Å². The van der Waals surface area contributed by atoms with E-state index in [4.69, 9.17) is 11.6 Å². The highest BCUT2D eigenvalue weighted by atomic mass is 35.5. The summed E-state index contributed by atoms with van der Waals surface area (Å²) >= 11 is 6.17. The number of sulfonamides is 1. The number of halogens is 1. The number of amides is 2. The highest BCUT2D eigenvalue weighted by molar-refractivity contribution is 7.89. The van der Waals surface area contributed by atoms with Crippen LogP contribution in [-0.4, -0.2) is 55.6 Å². The predicted molar refractivity (Wildman–Crippen MR) is 126 cm³/mol. The number of hydrogen-bond acceptors (Lipinski definition) is 4. The monoisotopic (exact) mass is 477 g/mol. The third kappa shape index (κ3) is 4.82. The van der Waals surface area contributed by atoms with E-state index in [0.29, 0.717) is 29.9 Å². The van der Waals surface area contributed by atoms with Crippen molar-refractivity contribution in [1.82, 2.24) is 9.21 Å². The van der Waals surface area contributed by atoms with Crippen molar-refractivity contribution in [3.8, 4) is 0 Å². The van der Waals surface area contributed by atoms with Crippen LogP contribution in [0.25, 0.3) is 0 Å². The molecule has 7 nitrogen and oxygen atoms in total. The normalized spacial score (nSPS) is 14.1. The van der Waals surface area contributed by atoms with Gasteiger partial charge in [-0.05, 0) is 55.7 Å². The van der Waals surface area contributed by atoms with Crippen molar-refractivity contribution in [3.63, 3.8) is 0 Å². The lowest BCUT2D eigenvalue weighted by Gasteiger charge is -2.20. The van der Waals surface area contributed by atoms with Crippen molar-refractivity contribution in [2.45, 2.75) is 38.5 Å². The van der Waals surface area contributed by atoms with Crippen LogP contribution in [0.2, 0.25) is 5.02 Å². The molecule has 0 radical (unpaired) electrons. The molecule has 0 spiro atoms.